The van der Waals surface area contributed by atoms with Gasteiger partial charge in [-0.15, -0.1) is 0 Å². The summed E-state index contributed by atoms with van der Waals surface area (Å²) in [6, 6.07) is 10.9. The highest BCUT2D eigenvalue weighted by Crippen LogP contribution is 2.38. The zero-order valence-electron chi connectivity index (χ0n) is 16.9. The highest BCUT2D eigenvalue weighted by atomic mass is 19.1. The van der Waals surface area contributed by atoms with E-state index in [0.29, 0.717) is 11.5 Å². The number of halogens is 2. The number of rotatable bonds is 7. The highest BCUT2D eigenvalue weighted by molar-refractivity contribution is 5.65. The fourth-order valence-corrected chi connectivity index (χ4v) is 4.23. The first kappa shape index (κ1) is 20.6. The second-order valence-corrected chi connectivity index (χ2v) is 7.78. The predicted molar refractivity (Wildman–Crippen MR) is 112 cm³/mol. The molecular weight excluding hydrogens is 354 g/mol. The lowest BCUT2D eigenvalue weighted by atomic mass is 9.77. The van der Waals surface area contributed by atoms with E-state index in [1.165, 1.54) is 56.2 Å². The van der Waals surface area contributed by atoms with Gasteiger partial charge < -0.3 is 4.74 Å². The molecule has 1 fully saturated rings. The SMILES string of the molecule is C/C=C/COc1c(F)cc(-c2ccc(C3CCC(CCC)CC3)cc2)cc1F. The van der Waals surface area contributed by atoms with Crippen LogP contribution in [0.25, 0.3) is 11.1 Å². The van der Waals surface area contributed by atoms with Crippen LogP contribution < -0.4 is 4.74 Å². The second-order valence-electron chi connectivity index (χ2n) is 7.78. The zero-order valence-corrected chi connectivity index (χ0v) is 16.9. The van der Waals surface area contributed by atoms with E-state index in [1.54, 1.807) is 12.2 Å². The third-order valence-electron chi connectivity index (χ3n) is 5.82. The number of benzene rings is 2. The van der Waals surface area contributed by atoms with Crippen molar-refractivity contribution in [3.8, 4) is 16.9 Å². The highest BCUT2D eigenvalue weighted by Gasteiger charge is 2.22. The summed E-state index contributed by atoms with van der Waals surface area (Å²) in [5, 5.41) is 0. The minimum Gasteiger partial charge on any atom is -0.483 e. The molecule has 3 rings (SSSR count). The number of hydrogen-bond acceptors (Lipinski definition) is 1. The van der Waals surface area contributed by atoms with Gasteiger partial charge in [0.2, 0.25) is 0 Å². The van der Waals surface area contributed by atoms with Crippen LogP contribution in [0.5, 0.6) is 5.75 Å². The van der Waals surface area contributed by atoms with Crippen LogP contribution >= 0.6 is 0 Å². The van der Waals surface area contributed by atoms with Gasteiger partial charge in [0.1, 0.15) is 6.61 Å². The van der Waals surface area contributed by atoms with Crippen LogP contribution in [0.3, 0.4) is 0 Å². The van der Waals surface area contributed by atoms with E-state index in [0.717, 1.165) is 11.5 Å². The summed E-state index contributed by atoms with van der Waals surface area (Å²) >= 11 is 0. The largest absolute Gasteiger partial charge is 0.483 e. The molecule has 0 N–H and O–H groups in total. The van der Waals surface area contributed by atoms with Gasteiger partial charge in [0.15, 0.2) is 17.4 Å². The van der Waals surface area contributed by atoms with E-state index in [-0.39, 0.29) is 12.4 Å². The molecule has 0 atom stereocenters. The molecule has 0 amide bonds. The van der Waals surface area contributed by atoms with Crippen LogP contribution in [0, 0.1) is 17.6 Å². The summed E-state index contributed by atoms with van der Waals surface area (Å²) in [6.07, 6.45) is 11.2. The fraction of sp³-hybridized carbons (Fsp3) is 0.440. The number of allylic oxidation sites excluding steroid dienone is 1. The van der Waals surface area contributed by atoms with E-state index in [1.807, 2.05) is 19.1 Å². The molecule has 0 heterocycles. The minimum absolute atomic E-state index is 0.152. The van der Waals surface area contributed by atoms with Crippen molar-refractivity contribution in [1.82, 2.24) is 0 Å². The molecular formula is C25H30F2O. The summed E-state index contributed by atoms with van der Waals surface area (Å²) < 4.78 is 33.8. The molecule has 3 heteroatoms. The molecule has 0 radical (unpaired) electrons. The van der Waals surface area contributed by atoms with Crippen molar-refractivity contribution in [2.45, 2.75) is 58.3 Å². The van der Waals surface area contributed by atoms with Gasteiger partial charge in [-0.05, 0) is 73.3 Å². The molecule has 0 saturated heterocycles. The molecule has 0 unspecified atom stereocenters. The quantitative estimate of drug-likeness (QED) is 0.445. The van der Waals surface area contributed by atoms with Gasteiger partial charge in [-0.25, -0.2) is 8.78 Å². The Hall–Kier alpha value is -2.16. The Morgan fingerprint density at radius 1 is 0.964 bits per heavy atom. The monoisotopic (exact) mass is 384 g/mol. The average molecular weight is 385 g/mol. The first-order chi connectivity index (χ1) is 13.6. The standard InChI is InChI=1S/C25H30F2O/c1-3-5-15-28-25-23(26)16-22(17-24(25)27)21-13-11-20(12-14-21)19-9-7-18(6-4-2)8-10-19/h3,5,11-14,16-19H,4,6-10,15H2,1-2H3/b5-3+. The minimum atomic E-state index is -0.669. The summed E-state index contributed by atoms with van der Waals surface area (Å²) in [5.41, 5.74) is 2.69. The van der Waals surface area contributed by atoms with Crippen LogP contribution in [-0.2, 0) is 0 Å². The molecule has 1 saturated carbocycles. The summed E-state index contributed by atoms with van der Waals surface area (Å²) in [7, 11) is 0. The summed E-state index contributed by atoms with van der Waals surface area (Å²) in [6.45, 7) is 4.25. The van der Waals surface area contributed by atoms with Gasteiger partial charge in [0.05, 0.1) is 0 Å². The van der Waals surface area contributed by atoms with Crippen molar-refractivity contribution in [3.63, 3.8) is 0 Å². The molecule has 1 nitrogen and oxygen atoms in total. The molecule has 1 aliphatic carbocycles. The van der Waals surface area contributed by atoms with Crippen molar-refractivity contribution in [3.05, 3.63) is 65.7 Å². The Bertz CT molecular complexity index is 764. The number of ether oxygens (including phenoxy) is 1. The van der Waals surface area contributed by atoms with Crippen molar-refractivity contribution < 1.29 is 13.5 Å². The lowest BCUT2D eigenvalue weighted by Crippen LogP contribution is -2.13. The maximum absolute atomic E-state index is 14.3. The Morgan fingerprint density at radius 2 is 1.61 bits per heavy atom. The van der Waals surface area contributed by atoms with Gasteiger partial charge in [-0.3, -0.25) is 0 Å². The van der Waals surface area contributed by atoms with Gasteiger partial charge in [-0.2, -0.15) is 0 Å². The van der Waals surface area contributed by atoms with Crippen LogP contribution in [0.15, 0.2) is 48.6 Å². The van der Waals surface area contributed by atoms with E-state index in [9.17, 15) is 8.78 Å². The Kier molecular flexibility index (Phi) is 7.24. The van der Waals surface area contributed by atoms with E-state index >= 15 is 0 Å². The molecule has 28 heavy (non-hydrogen) atoms. The van der Waals surface area contributed by atoms with Crippen LogP contribution in [0.4, 0.5) is 8.78 Å². The third-order valence-corrected chi connectivity index (χ3v) is 5.82. The Balaban J connectivity index is 1.70. The van der Waals surface area contributed by atoms with E-state index in [2.05, 4.69) is 19.1 Å². The normalized spacial score (nSPS) is 19.9. The Labute approximate surface area is 167 Å². The molecule has 2 aromatic rings. The van der Waals surface area contributed by atoms with E-state index in [4.69, 9.17) is 4.74 Å². The first-order valence-corrected chi connectivity index (χ1v) is 10.5. The van der Waals surface area contributed by atoms with Crippen LogP contribution in [0.1, 0.15) is 63.9 Å². The molecule has 150 valence electrons. The van der Waals surface area contributed by atoms with Crippen molar-refractivity contribution in [1.29, 1.82) is 0 Å². The summed E-state index contributed by atoms with van der Waals surface area (Å²) in [4.78, 5) is 0. The molecule has 0 spiro atoms. The maximum Gasteiger partial charge on any atom is 0.191 e. The maximum atomic E-state index is 14.3. The topological polar surface area (TPSA) is 9.23 Å². The van der Waals surface area contributed by atoms with E-state index < -0.39 is 11.6 Å². The molecule has 2 aromatic carbocycles. The molecule has 0 aromatic heterocycles. The van der Waals surface area contributed by atoms with Gasteiger partial charge in [-0.1, -0.05) is 56.2 Å². The van der Waals surface area contributed by atoms with Crippen LogP contribution in [0.2, 0.25) is 0 Å². The van der Waals surface area contributed by atoms with Gasteiger partial charge in [0.25, 0.3) is 0 Å². The molecule has 0 aliphatic heterocycles. The van der Waals surface area contributed by atoms with Gasteiger partial charge >= 0.3 is 0 Å². The van der Waals surface area contributed by atoms with Crippen molar-refractivity contribution >= 4 is 0 Å². The van der Waals surface area contributed by atoms with Crippen molar-refractivity contribution in [2.75, 3.05) is 6.61 Å². The second kappa shape index (κ2) is 9.86. The smallest absolute Gasteiger partial charge is 0.191 e. The Morgan fingerprint density at radius 3 is 2.18 bits per heavy atom. The third kappa shape index (κ3) is 5.01. The summed E-state index contributed by atoms with van der Waals surface area (Å²) in [5.74, 6) is -0.156. The van der Waals surface area contributed by atoms with Crippen molar-refractivity contribution in [2.24, 2.45) is 5.92 Å². The zero-order chi connectivity index (χ0) is 19.9. The average Bonchev–Trinajstić information content (AvgIpc) is 2.71. The molecule has 0 bridgehead atoms. The lowest BCUT2D eigenvalue weighted by molar-refractivity contribution is 0.308. The number of hydrogen-bond donors (Lipinski definition) is 0. The molecule has 1 aliphatic rings. The van der Waals surface area contributed by atoms with Crippen LogP contribution in [-0.4, -0.2) is 6.61 Å². The van der Waals surface area contributed by atoms with Gasteiger partial charge in [0, 0.05) is 0 Å². The fourth-order valence-electron chi connectivity index (χ4n) is 4.23. The lowest BCUT2D eigenvalue weighted by Gasteiger charge is -2.28. The predicted octanol–water partition coefficient (Wildman–Crippen LogP) is 7.66. The first-order valence-electron chi connectivity index (χ1n) is 10.5.